The minimum atomic E-state index is -0.331. The Kier molecular flexibility index (Phi) is 8.86. The van der Waals surface area contributed by atoms with E-state index >= 15 is 0 Å². The number of nitrogens with one attached hydrogen (secondary N) is 2. The fraction of sp³-hybridized carbons (Fsp3) is 0.323. The summed E-state index contributed by atoms with van der Waals surface area (Å²) in [7, 11) is 0. The number of nitriles is 1. The maximum atomic E-state index is 13.4. The maximum absolute atomic E-state index is 13.4. The first-order valence-electron chi connectivity index (χ1n) is 13.9. The Morgan fingerprint density at radius 1 is 0.805 bits per heavy atom. The number of carbonyl (C=O) groups is 3. The molecule has 10 nitrogen and oxygen atoms in total. The van der Waals surface area contributed by atoms with E-state index in [9.17, 15) is 14.4 Å². The van der Waals surface area contributed by atoms with E-state index in [-0.39, 0.29) is 17.7 Å². The predicted octanol–water partition coefficient (Wildman–Crippen LogP) is 2.99. The fourth-order valence-electron chi connectivity index (χ4n) is 5.20. The quantitative estimate of drug-likeness (QED) is 0.500. The molecular weight excluding hydrogens is 518 g/mol. The molecule has 0 unspecified atom stereocenters. The van der Waals surface area contributed by atoms with Gasteiger partial charge in [-0.05, 0) is 74.0 Å². The average Bonchev–Trinajstić information content (AvgIpc) is 3.45. The smallest absolute Gasteiger partial charge is 0.255 e. The van der Waals surface area contributed by atoms with Gasteiger partial charge in [-0.2, -0.15) is 5.26 Å². The van der Waals surface area contributed by atoms with Gasteiger partial charge in [-0.3, -0.25) is 19.4 Å². The molecule has 2 fully saturated rings. The average molecular weight is 552 g/mol. The van der Waals surface area contributed by atoms with Crippen LogP contribution in [-0.4, -0.2) is 84.9 Å². The van der Waals surface area contributed by atoms with Crippen molar-refractivity contribution in [1.82, 2.24) is 20.1 Å². The lowest BCUT2D eigenvalue weighted by molar-refractivity contribution is 0.0758. The van der Waals surface area contributed by atoms with E-state index in [1.165, 1.54) is 0 Å². The zero-order chi connectivity index (χ0) is 28.6. The van der Waals surface area contributed by atoms with E-state index in [2.05, 4.69) is 26.6 Å². The minimum Gasteiger partial charge on any atom is -0.368 e. The molecule has 10 heteroatoms. The Bertz CT molecular complexity index is 1430. The highest BCUT2D eigenvalue weighted by molar-refractivity contribution is 6.07. The number of hydrogen-bond donors (Lipinski definition) is 2. The van der Waals surface area contributed by atoms with Crippen molar-refractivity contribution in [2.24, 2.45) is 0 Å². The van der Waals surface area contributed by atoms with Crippen molar-refractivity contribution in [2.45, 2.75) is 12.8 Å². The normalized spacial score (nSPS) is 15.8. The van der Waals surface area contributed by atoms with Crippen LogP contribution >= 0.6 is 0 Å². The molecule has 0 spiro atoms. The number of aromatic nitrogens is 1. The van der Waals surface area contributed by atoms with Crippen molar-refractivity contribution in [1.29, 1.82) is 5.26 Å². The molecule has 5 rings (SSSR count). The van der Waals surface area contributed by atoms with E-state index in [1.807, 2.05) is 21.9 Å². The molecule has 3 aromatic rings. The SMILES string of the molecule is N#Cc1ccc(C(=O)Nc2cc(C(=O)N3CCCNCC3)ccc2N2CCCN(C(=O)c3cccnc3)CC2)cc1. The van der Waals surface area contributed by atoms with Crippen LogP contribution < -0.4 is 15.5 Å². The van der Waals surface area contributed by atoms with Crippen LogP contribution in [0.2, 0.25) is 0 Å². The molecule has 2 saturated heterocycles. The first-order valence-corrected chi connectivity index (χ1v) is 13.9. The molecule has 0 saturated carbocycles. The van der Waals surface area contributed by atoms with Crippen molar-refractivity contribution >= 4 is 29.1 Å². The number of carbonyl (C=O) groups excluding carboxylic acids is 3. The topological polar surface area (TPSA) is 122 Å². The van der Waals surface area contributed by atoms with E-state index in [4.69, 9.17) is 5.26 Å². The Balaban J connectivity index is 1.40. The molecule has 41 heavy (non-hydrogen) atoms. The van der Waals surface area contributed by atoms with Crippen LogP contribution in [0.1, 0.15) is 49.5 Å². The van der Waals surface area contributed by atoms with Crippen LogP contribution in [0, 0.1) is 11.3 Å². The number of benzene rings is 2. The third kappa shape index (κ3) is 6.70. The molecule has 210 valence electrons. The van der Waals surface area contributed by atoms with Crippen LogP contribution in [0.3, 0.4) is 0 Å². The van der Waals surface area contributed by atoms with Crippen LogP contribution in [-0.2, 0) is 0 Å². The van der Waals surface area contributed by atoms with E-state index in [1.54, 1.807) is 54.9 Å². The Morgan fingerprint density at radius 2 is 1.56 bits per heavy atom. The van der Waals surface area contributed by atoms with Gasteiger partial charge in [0.25, 0.3) is 17.7 Å². The van der Waals surface area contributed by atoms with E-state index in [0.717, 1.165) is 31.6 Å². The zero-order valence-electron chi connectivity index (χ0n) is 22.9. The third-order valence-electron chi connectivity index (χ3n) is 7.43. The summed E-state index contributed by atoms with van der Waals surface area (Å²) in [6.07, 6.45) is 4.86. The molecule has 0 aliphatic carbocycles. The van der Waals surface area contributed by atoms with Gasteiger partial charge in [-0.1, -0.05) is 0 Å². The summed E-state index contributed by atoms with van der Waals surface area (Å²) in [5, 5.41) is 15.4. The number of nitrogens with zero attached hydrogens (tertiary/aromatic N) is 5. The Morgan fingerprint density at radius 3 is 2.34 bits per heavy atom. The second-order valence-corrected chi connectivity index (χ2v) is 10.1. The molecule has 2 aliphatic heterocycles. The first-order chi connectivity index (χ1) is 20.0. The summed E-state index contributed by atoms with van der Waals surface area (Å²) in [5.41, 5.74) is 3.27. The van der Waals surface area contributed by atoms with Crippen molar-refractivity contribution < 1.29 is 14.4 Å². The van der Waals surface area contributed by atoms with Crippen LogP contribution in [0.15, 0.2) is 67.0 Å². The molecule has 2 aliphatic rings. The van der Waals surface area contributed by atoms with Gasteiger partial charge >= 0.3 is 0 Å². The highest BCUT2D eigenvalue weighted by Crippen LogP contribution is 2.30. The van der Waals surface area contributed by atoms with Crippen LogP contribution in [0.25, 0.3) is 0 Å². The summed E-state index contributed by atoms with van der Waals surface area (Å²) in [4.78, 5) is 49.6. The van der Waals surface area contributed by atoms with Gasteiger partial charge in [0.15, 0.2) is 0 Å². The maximum Gasteiger partial charge on any atom is 0.255 e. The Labute approximate surface area is 239 Å². The van der Waals surface area contributed by atoms with E-state index < -0.39 is 0 Å². The molecule has 3 amide bonds. The Hall–Kier alpha value is -4.75. The first kappa shape index (κ1) is 27.8. The molecule has 2 N–H and O–H groups in total. The standard InChI is InChI=1S/C31H33N7O3/c32-21-23-5-7-24(8-6-23)29(39)35-27-20-25(30(40)37-14-2-12-33-13-17-37)9-10-28(27)36-15-3-16-38(19-18-36)31(41)26-4-1-11-34-22-26/h1,4-11,20,22,33H,2-3,12-19H2,(H,35,39). The van der Waals surface area contributed by atoms with Gasteiger partial charge < -0.3 is 25.3 Å². The number of anilines is 2. The fourth-order valence-corrected chi connectivity index (χ4v) is 5.20. The summed E-state index contributed by atoms with van der Waals surface area (Å²) < 4.78 is 0. The molecule has 0 bridgehead atoms. The van der Waals surface area contributed by atoms with Gasteiger partial charge in [0.05, 0.1) is 28.6 Å². The molecule has 0 atom stereocenters. The van der Waals surface area contributed by atoms with Gasteiger partial charge in [0.1, 0.15) is 0 Å². The van der Waals surface area contributed by atoms with Crippen molar-refractivity contribution in [3.8, 4) is 6.07 Å². The second-order valence-electron chi connectivity index (χ2n) is 10.1. The molecular formula is C31H33N7O3. The predicted molar refractivity (Wildman–Crippen MR) is 156 cm³/mol. The summed E-state index contributed by atoms with van der Waals surface area (Å²) in [6, 6.07) is 17.5. The lowest BCUT2D eigenvalue weighted by atomic mass is 10.1. The molecule has 0 radical (unpaired) electrons. The van der Waals surface area contributed by atoms with Gasteiger partial charge in [0, 0.05) is 69.3 Å². The number of rotatable bonds is 5. The van der Waals surface area contributed by atoms with Crippen LogP contribution in [0.5, 0.6) is 0 Å². The van der Waals surface area contributed by atoms with Gasteiger partial charge in [-0.15, -0.1) is 0 Å². The highest BCUT2D eigenvalue weighted by Gasteiger charge is 2.24. The van der Waals surface area contributed by atoms with Gasteiger partial charge in [0.2, 0.25) is 0 Å². The number of hydrogen-bond acceptors (Lipinski definition) is 7. The van der Waals surface area contributed by atoms with Crippen LogP contribution in [0.4, 0.5) is 11.4 Å². The zero-order valence-corrected chi connectivity index (χ0v) is 22.9. The number of amides is 3. The van der Waals surface area contributed by atoms with Crippen molar-refractivity contribution in [2.75, 3.05) is 62.6 Å². The van der Waals surface area contributed by atoms with Gasteiger partial charge in [-0.25, -0.2) is 0 Å². The lowest BCUT2D eigenvalue weighted by Crippen LogP contribution is -2.35. The highest BCUT2D eigenvalue weighted by atomic mass is 16.2. The van der Waals surface area contributed by atoms with E-state index in [0.29, 0.717) is 67.2 Å². The largest absolute Gasteiger partial charge is 0.368 e. The summed E-state index contributed by atoms with van der Waals surface area (Å²) in [5.74, 6) is -0.456. The monoisotopic (exact) mass is 551 g/mol. The van der Waals surface area contributed by atoms with Crippen molar-refractivity contribution in [3.05, 3.63) is 89.2 Å². The summed E-state index contributed by atoms with van der Waals surface area (Å²) >= 11 is 0. The summed E-state index contributed by atoms with van der Waals surface area (Å²) in [6.45, 7) is 5.29. The minimum absolute atomic E-state index is 0.0535. The second kappa shape index (κ2) is 13.1. The molecule has 2 aromatic carbocycles. The molecule has 3 heterocycles. The number of pyridine rings is 1. The third-order valence-corrected chi connectivity index (χ3v) is 7.43. The molecule has 1 aromatic heterocycles. The lowest BCUT2D eigenvalue weighted by Gasteiger charge is -2.27. The van der Waals surface area contributed by atoms with Crippen molar-refractivity contribution in [3.63, 3.8) is 0 Å².